The molecule has 146 valence electrons. The highest BCUT2D eigenvalue weighted by Gasteiger charge is 2.31. The van der Waals surface area contributed by atoms with E-state index in [2.05, 4.69) is 21.3 Å². The summed E-state index contributed by atoms with van der Waals surface area (Å²) in [4.78, 5) is 21.5. The van der Waals surface area contributed by atoms with Crippen LogP contribution >= 0.6 is 11.3 Å². The largest absolute Gasteiger partial charge is 0.395 e. The summed E-state index contributed by atoms with van der Waals surface area (Å²) in [5.41, 5.74) is 1.17. The number of hydrogen-bond acceptors (Lipinski definition) is 5. The lowest BCUT2D eigenvalue weighted by molar-refractivity contribution is 0.0947. The zero-order valence-electron chi connectivity index (χ0n) is 15.8. The minimum Gasteiger partial charge on any atom is -0.395 e. The second-order valence-corrected chi connectivity index (χ2v) is 8.93. The lowest BCUT2D eigenvalue weighted by Crippen LogP contribution is -2.29. The van der Waals surface area contributed by atoms with Gasteiger partial charge in [-0.15, -0.1) is 11.3 Å². The molecule has 2 aliphatic rings. The van der Waals surface area contributed by atoms with Gasteiger partial charge in [-0.05, 0) is 43.4 Å². The van der Waals surface area contributed by atoms with Crippen LogP contribution in [0.1, 0.15) is 59.7 Å². The van der Waals surface area contributed by atoms with Gasteiger partial charge in [0.1, 0.15) is 4.83 Å². The van der Waals surface area contributed by atoms with Crippen molar-refractivity contribution >= 4 is 27.5 Å². The van der Waals surface area contributed by atoms with Gasteiger partial charge in [-0.1, -0.05) is 25.3 Å². The Hall–Kier alpha value is -1.50. The maximum atomic E-state index is 12.7. The van der Waals surface area contributed by atoms with Crippen LogP contribution in [0.4, 0.5) is 0 Å². The van der Waals surface area contributed by atoms with Gasteiger partial charge < -0.3 is 15.3 Å². The monoisotopic (exact) mass is 387 g/mol. The molecule has 2 fully saturated rings. The van der Waals surface area contributed by atoms with E-state index in [1.54, 1.807) is 6.20 Å². The first-order chi connectivity index (χ1) is 13.3. The molecule has 1 amide bonds. The minimum atomic E-state index is -0.0761. The fourth-order valence-corrected chi connectivity index (χ4v) is 5.89. The van der Waals surface area contributed by atoms with E-state index < -0.39 is 0 Å². The smallest absolute Gasteiger partial charge is 0.261 e. The predicted octanol–water partition coefficient (Wildman–Crippen LogP) is 3.39. The third kappa shape index (κ3) is 4.18. The first-order valence-corrected chi connectivity index (χ1v) is 11.1. The number of thiophene rings is 1. The molecule has 2 N–H and O–H groups in total. The molecule has 4 rings (SSSR count). The van der Waals surface area contributed by atoms with Gasteiger partial charge >= 0.3 is 0 Å². The van der Waals surface area contributed by atoms with Gasteiger partial charge in [-0.25, -0.2) is 4.98 Å². The molecule has 1 aliphatic carbocycles. The Morgan fingerprint density at radius 3 is 2.96 bits per heavy atom. The Morgan fingerprint density at radius 1 is 1.30 bits per heavy atom. The average Bonchev–Trinajstić information content (AvgIpc) is 3.31. The highest BCUT2D eigenvalue weighted by atomic mass is 32.1. The quantitative estimate of drug-likeness (QED) is 0.797. The van der Waals surface area contributed by atoms with E-state index in [0.29, 0.717) is 12.5 Å². The van der Waals surface area contributed by atoms with Crippen molar-refractivity contribution in [3.05, 3.63) is 28.8 Å². The summed E-state index contributed by atoms with van der Waals surface area (Å²) >= 11 is 1.48. The van der Waals surface area contributed by atoms with Crippen molar-refractivity contribution in [2.24, 2.45) is 5.92 Å². The minimum absolute atomic E-state index is 0.0389. The van der Waals surface area contributed by atoms with Crippen LogP contribution in [-0.4, -0.2) is 53.7 Å². The van der Waals surface area contributed by atoms with Gasteiger partial charge in [0.15, 0.2) is 0 Å². The highest BCUT2D eigenvalue weighted by Crippen LogP contribution is 2.39. The van der Waals surface area contributed by atoms with Crippen LogP contribution in [0.25, 0.3) is 10.2 Å². The molecule has 1 aliphatic heterocycles. The molecule has 2 aromatic rings. The number of rotatable bonds is 6. The van der Waals surface area contributed by atoms with E-state index in [1.807, 2.05) is 6.07 Å². The molecule has 0 radical (unpaired) electrons. The van der Waals surface area contributed by atoms with Crippen LogP contribution in [0.15, 0.2) is 18.3 Å². The molecule has 1 atom stereocenters. The topological polar surface area (TPSA) is 65.5 Å². The number of nitrogens with one attached hydrogen (secondary N) is 1. The summed E-state index contributed by atoms with van der Waals surface area (Å²) in [6.45, 7) is 3.62. The lowest BCUT2D eigenvalue weighted by atomic mass is 9.89. The lowest BCUT2D eigenvalue weighted by Gasteiger charge is -2.26. The van der Waals surface area contributed by atoms with Crippen LogP contribution in [-0.2, 0) is 0 Å². The van der Waals surface area contributed by atoms with E-state index >= 15 is 0 Å². The average molecular weight is 388 g/mol. The molecule has 3 heterocycles. The molecule has 5 nitrogen and oxygen atoms in total. The Bertz CT molecular complexity index is 785. The van der Waals surface area contributed by atoms with Crippen LogP contribution in [0.3, 0.4) is 0 Å². The van der Waals surface area contributed by atoms with Crippen molar-refractivity contribution < 1.29 is 9.90 Å². The summed E-state index contributed by atoms with van der Waals surface area (Å²) in [6.07, 6.45) is 9.83. The maximum absolute atomic E-state index is 12.7. The SMILES string of the molecule is O=C(NCCO)c1sc2ncccc2c1C1CCN(CC2CCCCC2)C1. The molecule has 0 spiro atoms. The number of aliphatic hydroxyl groups is 1. The van der Waals surface area contributed by atoms with Crippen molar-refractivity contribution in [2.75, 3.05) is 32.8 Å². The van der Waals surface area contributed by atoms with Crippen molar-refractivity contribution in [1.29, 1.82) is 0 Å². The Morgan fingerprint density at radius 2 is 2.15 bits per heavy atom. The third-order valence-electron chi connectivity index (χ3n) is 6.03. The molecule has 6 heteroatoms. The standard InChI is InChI=1S/C21H29N3O2S/c25-12-10-22-20(26)19-18(17-7-4-9-23-21(17)27-19)16-8-11-24(14-16)13-15-5-2-1-3-6-15/h4,7,9,15-16,25H,1-3,5-6,8,10-14H2,(H,22,26). The van der Waals surface area contributed by atoms with Gasteiger partial charge in [0.05, 0.1) is 11.5 Å². The summed E-state index contributed by atoms with van der Waals surface area (Å²) < 4.78 is 0. The van der Waals surface area contributed by atoms with Crippen LogP contribution in [0.5, 0.6) is 0 Å². The second-order valence-electron chi connectivity index (χ2n) is 7.93. The Labute approximate surface area is 164 Å². The number of aromatic nitrogens is 1. The fourth-order valence-electron chi connectivity index (χ4n) is 4.74. The molecular formula is C21H29N3O2S. The molecule has 2 aromatic heterocycles. The van der Waals surface area contributed by atoms with Crippen LogP contribution < -0.4 is 5.32 Å². The van der Waals surface area contributed by atoms with Gasteiger partial charge in [0.25, 0.3) is 5.91 Å². The third-order valence-corrected chi connectivity index (χ3v) is 7.16. The summed E-state index contributed by atoms with van der Waals surface area (Å²) in [6, 6.07) is 4.06. The number of amides is 1. The number of pyridine rings is 1. The van der Waals surface area contributed by atoms with E-state index in [-0.39, 0.29) is 12.5 Å². The first kappa shape index (κ1) is 18.8. The fraction of sp³-hybridized carbons (Fsp3) is 0.619. The molecule has 0 bridgehead atoms. The number of nitrogens with zero attached hydrogens (tertiary/aromatic N) is 2. The van der Waals surface area contributed by atoms with Crippen molar-refractivity contribution in [2.45, 2.75) is 44.4 Å². The summed E-state index contributed by atoms with van der Waals surface area (Å²) in [5.74, 6) is 1.17. The van der Waals surface area contributed by atoms with E-state index in [4.69, 9.17) is 5.11 Å². The zero-order valence-corrected chi connectivity index (χ0v) is 16.6. The molecule has 1 unspecified atom stereocenters. The zero-order chi connectivity index (χ0) is 18.6. The highest BCUT2D eigenvalue weighted by molar-refractivity contribution is 7.20. The number of aliphatic hydroxyl groups excluding tert-OH is 1. The van der Waals surface area contributed by atoms with Gasteiger partial charge in [0, 0.05) is 37.1 Å². The number of carbonyl (C=O) groups is 1. The van der Waals surface area contributed by atoms with Gasteiger partial charge in [-0.2, -0.15) is 0 Å². The predicted molar refractivity (Wildman–Crippen MR) is 109 cm³/mol. The maximum Gasteiger partial charge on any atom is 0.261 e. The number of hydrogen-bond donors (Lipinski definition) is 2. The normalized spacial score (nSPS) is 21.7. The molecule has 27 heavy (non-hydrogen) atoms. The Balaban J connectivity index is 1.54. The van der Waals surface area contributed by atoms with Crippen molar-refractivity contribution in [3.63, 3.8) is 0 Å². The van der Waals surface area contributed by atoms with Crippen molar-refractivity contribution in [1.82, 2.24) is 15.2 Å². The van der Waals surface area contributed by atoms with Gasteiger partial charge in [-0.3, -0.25) is 4.79 Å². The molecule has 0 aromatic carbocycles. The number of fused-ring (bicyclic) bond motifs is 1. The van der Waals surface area contributed by atoms with Gasteiger partial charge in [0.2, 0.25) is 0 Å². The second kappa shape index (κ2) is 8.67. The van der Waals surface area contributed by atoms with E-state index in [1.165, 1.54) is 55.5 Å². The first-order valence-electron chi connectivity index (χ1n) is 10.2. The van der Waals surface area contributed by atoms with Crippen LogP contribution in [0, 0.1) is 5.92 Å². The molecule has 1 saturated carbocycles. The summed E-state index contributed by atoms with van der Waals surface area (Å²) in [7, 11) is 0. The Kier molecular flexibility index (Phi) is 6.05. The van der Waals surface area contributed by atoms with E-state index in [0.717, 1.165) is 40.5 Å². The van der Waals surface area contributed by atoms with E-state index in [9.17, 15) is 4.79 Å². The molecular weight excluding hydrogens is 358 g/mol. The van der Waals surface area contributed by atoms with Crippen LogP contribution in [0.2, 0.25) is 0 Å². The number of carbonyl (C=O) groups excluding carboxylic acids is 1. The number of likely N-dealkylation sites (tertiary alicyclic amines) is 1. The van der Waals surface area contributed by atoms with Crippen molar-refractivity contribution in [3.8, 4) is 0 Å². The summed E-state index contributed by atoms with van der Waals surface area (Å²) in [5, 5.41) is 13.0. The molecule has 1 saturated heterocycles.